The van der Waals surface area contributed by atoms with Crippen molar-refractivity contribution in [2.75, 3.05) is 5.32 Å². The van der Waals surface area contributed by atoms with Crippen molar-refractivity contribution in [3.8, 4) is 0 Å². The summed E-state index contributed by atoms with van der Waals surface area (Å²) >= 11 is 0. The van der Waals surface area contributed by atoms with Crippen molar-refractivity contribution in [1.82, 2.24) is 15.3 Å². The second-order valence-corrected chi connectivity index (χ2v) is 3.18. The quantitative estimate of drug-likeness (QED) is 0.556. The summed E-state index contributed by atoms with van der Waals surface area (Å²) in [5, 5.41) is 21.4. The highest BCUT2D eigenvalue weighted by Gasteiger charge is 2.23. The van der Waals surface area contributed by atoms with Crippen LogP contribution in [-0.4, -0.2) is 44.2 Å². The number of aromatic nitrogens is 2. The van der Waals surface area contributed by atoms with Crippen LogP contribution in [0.3, 0.4) is 0 Å². The van der Waals surface area contributed by atoms with Gasteiger partial charge in [-0.1, -0.05) is 0 Å². The van der Waals surface area contributed by atoms with E-state index < -0.39 is 30.4 Å². The fraction of sp³-hybridized carbons (Fsp3) is 0.222. The SMILES string of the molecule is O=C(O)CC(NC(=O)Nc1cnccn1)C(=O)O. The Bertz CT molecular complexity index is 450. The summed E-state index contributed by atoms with van der Waals surface area (Å²) in [4.78, 5) is 39.9. The first-order valence-electron chi connectivity index (χ1n) is 4.77. The molecule has 1 rings (SSSR count). The number of anilines is 1. The molecule has 0 saturated carbocycles. The van der Waals surface area contributed by atoms with E-state index in [2.05, 4.69) is 15.3 Å². The van der Waals surface area contributed by atoms with E-state index in [-0.39, 0.29) is 5.82 Å². The summed E-state index contributed by atoms with van der Waals surface area (Å²) in [6.45, 7) is 0. The van der Waals surface area contributed by atoms with Crippen LogP contribution in [0, 0.1) is 0 Å². The molecule has 18 heavy (non-hydrogen) atoms. The van der Waals surface area contributed by atoms with Crippen LogP contribution in [0.1, 0.15) is 6.42 Å². The number of nitrogens with one attached hydrogen (secondary N) is 2. The maximum atomic E-state index is 11.4. The van der Waals surface area contributed by atoms with Crippen LogP contribution in [0.5, 0.6) is 0 Å². The number of hydrogen-bond acceptors (Lipinski definition) is 5. The maximum absolute atomic E-state index is 11.4. The topological polar surface area (TPSA) is 142 Å². The van der Waals surface area contributed by atoms with E-state index in [1.165, 1.54) is 18.6 Å². The molecule has 1 heterocycles. The number of hydrogen-bond donors (Lipinski definition) is 4. The third kappa shape index (κ3) is 4.43. The Hall–Kier alpha value is -2.71. The van der Waals surface area contributed by atoms with Gasteiger partial charge in [0.05, 0.1) is 12.6 Å². The van der Waals surface area contributed by atoms with Crippen LogP contribution in [0.4, 0.5) is 10.6 Å². The lowest BCUT2D eigenvalue weighted by molar-refractivity contribution is -0.145. The third-order valence-corrected chi connectivity index (χ3v) is 1.79. The summed E-state index contributed by atoms with van der Waals surface area (Å²) < 4.78 is 0. The molecule has 1 aromatic heterocycles. The normalized spacial score (nSPS) is 11.3. The average molecular weight is 254 g/mol. The molecule has 9 heteroatoms. The summed E-state index contributed by atoms with van der Waals surface area (Å²) in [6.07, 6.45) is 3.27. The molecule has 0 aromatic carbocycles. The maximum Gasteiger partial charge on any atom is 0.326 e. The number of nitrogens with zero attached hydrogens (tertiary/aromatic N) is 2. The minimum absolute atomic E-state index is 0.120. The van der Waals surface area contributed by atoms with Gasteiger partial charge in [-0.05, 0) is 0 Å². The smallest absolute Gasteiger partial charge is 0.326 e. The Labute approximate surface area is 101 Å². The fourth-order valence-electron chi connectivity index (χ4n) is 1.05. The van der Waals surface area contributed by atoms with E-state index in [1.807, 2.05) is 5.32 Å². The number of amides is 2. The van der Waals surface area contributed by atoms with Gasteiger partial charge < -0.3 is 15.5 Å². The summed E-state index contributed by atoms with van der Waals surface area (Å²) in [5.41, 5.74) is 0. The lowest BCUT2D eigenvalue weighted by Gasteiger charge is -2.12. The molecular weight excluding hydrogens is 244 g/mol. The first-order chi connectivity index (χ1) is 8.49. The van der Waals surface area contributed by atoms with Gasteiger partial charge in [0.15, 0.2) is 5.82 Å². The zero-order valence-corrected chi connectivity index (χ0v) is 9.03. The second-order valence-electron chi connectivity index (χ2n) is 3.18. The van der Waals surface area contributed by atoms with E-state index in [0.29, 0.717) is 0 Å². The molecule has 1 aromatic rings. The molecule has 2 amide bonds. The van der Waals surface area contributed by atoms with Gasteiger partial charge in [0.25, 0.3) is 0 Å². The van der Waals surface area contributed by atoms with Crippen LogP contribution < -0.4 is 10.6 Å². The standard InChI is InChI=1S/C9H10N4O5/c14-7(15)3-5(8(16)17)12-9(18)13-6-4-10-1-2-11-6/h1-2,4-5H,3H2,(H,14,15)(H,16,17)(H2,11,12,13,18). The van der Waals surface area contributed by atoms with Gasteiger partial charge in [0, 0.05) is 12.4 Å². The molecule has 4 N–H and O–H groups in total. The molecule has 96 valence electrons. The van der Waals surface area contributed by atoms with E-state index in [4.69, 9.17) is 10.2 Å². The fourth-order valence-corrected chi connectivity index (χ4v) is 1.05. The predicted octanol–water partition coefficient (Wildman–Crippen LogP) is -0.474. The van der Waals surface area contributed by atoms with Crippen molar-refractivity contribution in [3.63, 3.8) is 0 Å². The highest BCUT2D eigenvalue weighted by molar-refractivity contribution is 5.92. The molecule has 0 aliphatic carbocycles. The van der Waals surface area contributed by atoms with Gasteiger partial charge >= 0.3 is 18.0 Å². The highest BCUT2D eigenvalue weighted by Crippen LogP contribution is 1.98. The van der Waals surface area contributed by atoms with Crippen LogP contribution in [0.25, 0.3) is 0 Å². The van der Waals surface area contributed by atoms with Gasteiger partial charge in [-0.3, -0.25) is 15.1 Å². The molecule has 0 aliphatic heterocycles. The van der Waals surface area contributed by atoms with E-state index in [0.717, 1.165) is 0 Å². The molecule has 1 unspecified atom stereocenters. The Kier molecular flexibility index (Phi) is 4.55. The molecule has 9 nitrogen and oxygen atoms in total. The molecule has 0 saturated heterocycles. The number of rotatable bonds is 5. The molecule has 0 bridgehead atoms. The van der Waals surface area contributed by atoms with Crippen molar-refractivity contribution >= 4 is 23.8 Å². The van der Waals surface area contributed by atoms with Crippen LogP contribution in [0.2, 0.25) is 0 Å². The Morgan fingerprint density at radius 3 is 2.50 bits per heavy atom. The van der Waals surface area contributed by atoms with Crippen LogP contribution in [-0.2, 0) is 9.59 Å². The van der Waals surface area contributed by atoms with E-state index >= 15 is 0 Å². The summed E-state index contributed by atoms with van der Waals surface area (Å²) in [5.74, 6) is -2.65. The first kappa shape index (κ1) is 13.4. The van der Waals surface area contributed by atoms with Crippen LogP contribution >= 0.6 is 0 Å². The van der Waals surface area contributed by atoms with Crippen molar-refractivity contribution in [2.45, 2.75) is 12.5 Å². The first-order valence-corrected chi connectivity index (χ1v) is 4.77. The second kappa shape index (κ2) is 6.13. The zero-order chi connectivity index (χ0) is 13.5. The molecule has 1 atom stereocenters. The Balaban J connectivity index is 2.56. The van der Waals surface area contributed by atoms with E-state index in [1.54, 1.807) is 0 Å². The van der Waals surface area contributed by atoms with Crippen molar-refractivity contribution in [2.24, 2.45) is 0 Å². The van der Waals surface area contributed by atoms with Gasteiger partial charge in [-0.15, -0.1) is 0 Å². The Morgan fingerprint density at radius 2 is 2.00 bits per heavy atom. The van der Waals surface area contributed by atoms with E-state index in [9.17, 15) is 14.4 Å². The zero-order valence-electron chi connectivity index (χ0n) is 9.03. The highest BCUT2D eigenvalue weighted by atomic mass is 16.4. The van der Waals surface area contributed by atoms with Crippen molar-refractivity contribution < 1.29 is 24.6 Å². The number of carbonyl (C=O) groups is 3. The summed E-state index contributed by atoms with van der Waals surface area (Å²) in [6, 6.07) is -2.39. The molecule has 0 spiro atoms. The number of carboxylic acids is 2. The van der Waals surface area contributed by atoms with Crippen molar-refractivity contribution in [3.05, 3.63) is 18.6 Å². The largest absolute Gasteiger partial charge is 0.481 e. The predicted molar refractivity (Wildman–Crippen MR) is 57.9 cm³/mol. The van der Waals surface area contributed by atoms with Crippen LogP contribution in [0.15, 0.2) is 18.6 Å². The number of carbonyl (C=O) groups excluding carboxylic acids is 1. The van der Waals surface area contributed by atoms with Gasteiger partial charge in [0.2, 0.25) is 0 Å². The monoisotopic (exact) mass is 254 g/mol. The lowest BCUT2D eigenvalue weighted by atomic mass is 10.2. The summed E-state index contributed by atoms with van der Waals surface area (Å²) in [7, 11) is 0. The lowest BCUT2D eigenvalue weighted by Crippen LogP contribution is -2.44. The number of aliphatic carboxylic acids is 2. The minimum Gasteiger partial charge on any atom is -0.481 e. The van der Waals surface area contributed by atoms with Gasteiger partial charge in [-0.25, -0.2) is 14.6 Å². The third-order valence-electron chi connectivity index (χ3n) is 1.79. The number of urea groups is 1. The Morgan fingerprint density at radius 1 is 1.28 bits per heavy atom. The van der Waals surface area contributed by atoms with Crippen molar-refractivity contribution in [1.29, 1.82) is 0 Å². The van der Waals surface area contributed by atoms with Gasteiger partial charge in [-0.2, -0.15) is 0 Å². The molecular formula is C9H10N4O5. The minimum atomic E-state index is -1.51. The van der Waals surface area contributed by atoms with Gasteiger partial charge in [0.1, 0.15) is 6.04 Å². The molecule has 0 radical (unpaired) electrons. The molecule has 0 fully saturated rings. The average Bonchev–Trinajstić information content (AvgIpc) is 2.28. The molecule has 0 aliphatic rings. The number of carboxylic acid groups (broad SMARTS) is 2.